The van der Waals surface area contributed by atoms with Gasteiger partial charge in [0, 0.05) is 50.3 Å². The number of aromatic nitrogens is 2. The van der Waals surface area contributed by atoms with Gasteiger partial charge in [0.25, 0.3) is 0 Å². The number of piperazine rings is 1. The Kier molecular flexibility index (Phi) is 5.44. The van der Waals surface area contributed by atoms with Gasteiger partial charge in [-0.05, 0) is 55.8 Å². The molecular formula is C21H26N4O2. The van der Waals surface area contributed by atoms with Crippen LogP contribution in [-0.2, 0) is 0 Å². The van der Waals surface area contributed by atoms with Crippen molar-refractivity contribution in [1.82, 2.24) is 14.5 Å². The number of rotatable bonds is 7. The maximum absolute atomic E-state index is 9.41. The van der Waals surface area contributed by atoms with Crippen molar-refractivity contribution in [1.29, 1.82) is 0 Å². The maximum atomic E-state index is 9.41. The zero-order valence-electron chi connectivity index (χ0n) is 15.5. The van der Waals surface area contributed by atoms with Crippen LogP contribution >= 0.6 is 0 Å². The van der Waals surface area contributed by atoms with Crippen LogP contribution in [0.1, 0.15) is 12.8 Å². The second-order valence-electron chi connectivity index (χ2n) is 6.96. The van der Waals surface area contributed by atoms with Crippen molar-refractivity contribution in [2.24, 2.45) is 0 Å². The average molecular weight is 366 g/mol. The van der Waals surface area contributed by atoms with Crippen molar-refractivity contribution in [2.45, 2.75) is 12.8 Å². The number of hydrogen-bond acceptors (Lipinski definition) is 5. The normalized spacial score (nSPS) is 15.3. The Labute approximate surface area is 159 Å². The number of unbranched alkanes of at least 4 members (excludes halogenated alkanes) is 1. The molecule has 1 aliphatic rings. The van der Waals surface area contributed by atoms with E-state index in [0.717, 1.165) is 63.4 Å². The lowest BCUT2D eigenvalue weighted by Gasteiger charge is -2.36. The molecule has 4 rings (SSSR count). The Hall–Kier alpha value is -2.73. The lowest BCUT2D eigenvalue weighted by atomic mass is 10.2. The fraction of sp³-hybridized carbons (Fsp3) is 0.381. The van der Waals surface area contributed by atoms with Crippen LogP contribution < -0.4 is 9.64 Å². The van der Waals surface area contributed by atoms with Gasteiger partial charge in [0.2, 0.25) is 0 Å². The molecule has 0 bridgehead atoms. The quantitative estimate of drug-likeness (QED) is 0.652. The maximum Gasteiger partial charge on any atom is 0.122 e. The van der Waals surface area contributed by atoms with E-state index in [0.29, 0.717) is 5.75 Å². The molecule has 0 unspecified atom stereocenters. The first kappa shape index (κ1) is 17.7. The van der Waals surface area contributed by atoms with E-state index in [1.54, 1.807) is 18.3 Å². The summed E-state index contributed by atoms with van der Waals surface area (Å²) >= 11 is 0. The molecule has 3 aromatic rings. The molecule has 0 amide bonds. The van der Waals surface area contributed by atoms with Crippen LogP contribution in [0.15, 0.2) is 54.9 Å². The van der Waals surface area contributed by atoms with Crippen LogP contribution in [0.2, 0.25) is 0 Å². The molecule has 3 heterocycles. The fourth-order valence-electron chi connectivity index (χ4n) is 3.51. The third kappa shape index (κ3) is 4.52. The molecule has 142 valence electrons. The lowest BCUT2D eigenvalue weighted by Crippen LogP contribution is -2.46. The van der Waals surface area contributed by atoms with Gasteiger partial charge in [0.15, 0.2) is 0 Å². The molecule has 0 radical (unpaired) electrons. The Morgan fingerprint density at radius 2 is 1.78 bits per heavy atom. The molecule has 0 saturated carbocycles. The van der Waals surface area contributed by atoms with E-state index in [1.165, 1.54) is 5.69 Å². The Bertz CT molecular complexity index is 854. The van der Waals surface area contributed by atoms with Crippen molar-refractivity contribution in [3.8, 4) is 11.5 Å². The number of nitrogens with zero attached hydrogens (tertiary/aromatic N) is 4. The summed E-state index contributed by atoms with van der Waals surface area (Å²) in [7, 11) is 0. The highest BCUT2D eigenvalue weighted by Crippen LogP contribution is 2.20. The van der Waals surface area contributed by atoms with Gasteiger partial charge in [-0.25, -0.2) is 4.52 Å². The van der Waals surface area contributed by atoms with E-state index in [4.69, 9.17) is 4.74 Å². The minimum atomic E-state index is 0.324. The summed E-state index contributed by atoms with van der Waals surface area (Å²) in [5, 5.41) is 13.6. The minimum Gasteiger partial charge on any atom is -0.508 e. The van der Waals surface area contributed by atoms with Crippen LogP contribution in [0.4, 0.5) is 5.69 Å². The summed E-state index contributed by atoms with van der Waals surface area (Å²) in [6.45, 7) is 6.10. The van der Waals surface area contributed by atoms with Gasteiger partial charge in [0.05, 0.1) is 12.1 Å². The second-order valence-corrected chi connectivity index (χ2v) is 6.96. The van der Waals surface area contributed by atoms with Crippen LogP contribution in [0.25, 0.3) is 5.52 Å². The van der Waals surface area contributed by atoms with Gasteiger partial charge in [-0.2, -0.15) is 5.10 Å². The molecule has 1 saturated heterocycles. The summed E-state index contributed by atoms with van der Waals surface area (Å²) in [4.78, 5) is 4.90. The first-order chi connectivity index (χ1) is 13.3. The summed E-state index contributed by atoms with van der Waals surface area (Å²) in [6.07, 6.45) is 5.93. The number of ether oxygens (including phenoxy) is 1. The number of pyridine rings is 1. The number of anilines is 1. The Balaban J connectivity index is 1.13. The van der Waals surface area contributed by atoms with Gasteiger partial charge >= 0.3 is 0 Å². The fourth-order valence-corrected chi connectivity index (χ4v) is 3.51. The third-order valence-corrected chi connectivity index (χ3v) is 5.10. The van der Waals surface area contributed by atoms with Crippen molar-refractivity contribution in [2.75, 3.05) is 44.2 Å². The molecule has 0 aliphatic carbocycles. The van der Waals surface area contributed by atoms with Crippen LogP contribution in [-0.4, -0.2) is 59.0 Å². The molecule has 6 heteroatoms. The highest BCUT2D eigenvalue weighted by molar-refractivity contribution is 5.50. The number of hydrogen-bond donors (Lipinski definition) is 1. The van der Waals surface area contributed by atoms with Gasteiger partial charge in [-0.3, -0.25) is 4.90 Å². The van der Waals surface area contributed by atoms with E-state index in [9.17, 15) is 5.11 Å². The van der Waals surface area contributed by atoms with Gasteiger partial charge in [-0.15, -0.1) is 0 Å². The van der Waals surface area contributed by atoms with Crippen LogP contribution in [0, 0.1) is 0 Å². The molecule has 1 fully saturated rings. The summed E-state index contributed by atoms with van der Waals surface area (Å²) in [6, 6.07) is 13.5. The molecule has 6 nitrogen and oxygen atoms in total. The largest absolute Gasteiger partial charge is 0.508 e. The Morgan fingerprint density at radius 1 is 0.963 bits per heavy atom. The van der Waals surface area contributed by atoms with E-state index in [1.807, 2.05) is 41.0 Å². The van der Waals surface area contributed by atoms with Crippen molar-refractivity contribution < 1.29 is 9.84 Å². The molecule has 2 aromatic heterocycles. The van der Waals surface area contributed by atoms with E-state index in [2.05, 4.69) is 14.9 Å². The predicted molar refractivity (Wildman–Crippen MR) is 107 cm³/mol. The first-order valence-electron chi connectivity index (χ1n) is 9.60. The van der Waals surface area contributed by atoms with E-state index < -0.39 is 0 Å². The van der Waals surface area contributed by atoms with E-state index in [-0.39, 0.29) is 0 Å². The lowest BCUT2D eigenvalue weighted by molar-refractivity contribution is 0.238. The van der Waals surface area contributed by atoms with Gasteiger partial charge < -0.3 is 14.7 Å². The molecular weight excluding hydrogens is 340 g/mol. The van der Waals surface area contributed by atoms with Crippen molar-refractivity contribution in [3.63, 3.8) is 0 Å². The zero-order valence-corrected chi connectivity index (χ0v) is 15.5. The van der Waals surface area contributed by atoms with Crippen molar-refractivity contribution >= 4 is 11.2 Å². The first-order valence-corrected chi connectivity index (χ1v) is 9.60. The monoisotopic (exact) mass is 366 g/mol. The number of benzene rings is 1. The smallest absolute Gasteiger partial charge is 0.122 e. The summed E-state index contributed by atoms with van der Waals surface area (Å²) < 4.78 is 7.71. The summed E-state index contributed by atoms with van der Waals surface area (Å²) in [5.41, 5.74) is 2.25. The number of fused-ring (bicyclic) bond motifs is 1. The highest BCUT2D eigenvalue weighted by Gasteiger charge is 2.16. The highest BCUT2D eigenvalue weighted by atomic mass is 16.5. The predicted octanol–water partition coefficient (Wildman–Crippen LogP) is 3.02. The van der Waals surface area contributed by atoms with Gasteiger partial charge in [0.1, 0.15) is 11.5 Å². The van der Waals surface area contributed by atoms with Crippen molar-refractivity contribution in [3.05, 3.63) is 54.9 Å². The van der Waals surface area contributed by atoms with E-state index >= 15 is 0 Å². The average Bonchev–Trinajstić information content (AvgIpc) is 3.17. The van der Waals surface area contributed by atoms with Crippen LogP contribution in [0.3, 0.4) is 0 Å². The van der Waals surface area contributed by atoms with Gasteiger partial charge in [-0.1, -0.05) is 0 Å². The zero-order chi connectivity index (χ0) is 18.5. The molecule has 0 spiro atoms. The molecule has 1 aliphatic heterocycles. The second kappa shape index (κ2) is 8.31. The minimum absolute atomic E-state index is 0.324. The number of aromatic hydroxyl groups is 1. The summed E-state index contributed by atoms with van der Waals surface area (Å²) in [5.74, 6) is 1.23. The topological polar surface area (TPSA) is 53.2 Å². The third-order valence-electron chi connectivity index (χ3n) is 5.10. The number of phenols is 1. The molecule has 27 heavy (non-hydrogen) atoms. The standard InChI is InChI=1S/C21H26N4O2/c26-20-5-3-18(4-6-20)24-14-12-23(13-15-24)10-1-2-16-27-21-8-11-25-19(17-21)7-9-22-25/h3-9,11,17,26H,1-2,10,12-16H2. The Morgan fingerprint density at radius 3 is 2.59 bits per heavy atom. The SMILES string of the molecule is Oc1ccc(N2CCN(CCCCOc3ccn4nccc4c3)CC2)cc1. The molecule has 1 aromatic carbocycles. The van der Waals surface area contributed by atoms with Crippen LogP contribution in [0.5, 0.6) is 11.5 Å². The number of phenolic OH excluding ortho intramolecular Hbond substituents is 1. The molecule has 0 atom stereocenters. The molecule has 1 N–H and O–H groups in total.